The van der Waals surface area contributed by atoms with Gasteiger partial charge >= 0.3 is 0 Å². The lowest BCUT2D eigenvalue weighted by Crippen LogP contribution is -1.96. The summed E-state index contributed by atoms with van der Waals surface area (Å²) in [6.45, 7) is 4.21. The summed E-state index contributed by atoms with van der Waals surface area (Å²) in [6, 6.07) is 14.2. The molecule has 2 aromatic carbocycles. The van der Waals surface area contributed by atoms with Crippen LogP contribution < -0.4 is 5.32 Å². The van der Waals surface area contributed by atoms with Crippen LogP contribution in [0.25, 0.3) is 0 Å². The second-order valence-electron chi connectivity index (χ2n) is 5.01. The average Bonchev–Trinajstić information content (AvgIpc) is 2.47. The summed E-state index contributed by atoms with van der Waals surface area (Å²) in [7, 11) is 0. The molecule has 0 radical (unpaired) electrons. The zero-order chi connectivity index (χ0) is 15.4. The van der Waals surface area contributed by atoms with E-state index in [-0.39, 0.29) is 11.3 Å². The highest BCUT2D eigenvalue weighted by Crippen LogP contribution is 2.26. The lowest BCUT2D eigenvalue weighted by atomic mass is 10.0. The van der Waals surface area contributed by atoms with Crippen LogP contribution in [0.2, 0.25) is 0 Å². The molecule has 1 N–H and O–H groups in total. The summed E-state index contributed by atoms with van der Waals surface area (Å²) in [6.07, 6.45) is 0. The lowest BCUT2D eigenvalue weighted by molar-refractivity contribution is -0.385. The summed E-state index contributed by atoms with van der Waals surface area (Å²) >= 11 is 0. The maximum absolute atomic E-state index is 11.0. The van der Waals surface area contributed by atoms with E-state index < -0.39 is 4.92 Å². The molecule has 0 amide bonds. The molecule has 0 aromatic heterocycles. The van der Waals surface area contributed by atoms with E-state index in [0.29, 0.717) is 11.6 Å². The van der Waals surface area contributed by atoms with Crippen LogP contribution in [0.5, 0.6) is 0 Å². The van der Waals surface area contributed by atoms with E-state index in [1.165, 1.54) is 17.7 Å². The maximum Gasteiger partial charge on any atom is 0.289 e. The number of benzene rings is 2. The Morgan fingerprint density at radius 1 is 1.19 bits per heavy atom. The Kier molecular flexibility index (Phi) is 4.19. The van der Waals surface area contributed by atoms with Gasteiger partial charge in [0.15, 0.2) is 0 Å². The quantitative estimate of drug-likeness (QED) is 0.668. The Hall–Kier alpha value is -2.87. The average molecular weight is 281 g/mol. The van der Waals surface area contributed by atoms with Crippen molar-refractivity contribution in [2.24, 2.45) is 0 Å². The molecular formula is C16H15N3O2. The molecule has 0 aliphatic rings. The molecule has 2 aromatic rings. The van der Waals surface area contributed by atoms with Gasteiger partial charge < -0.3 is 5.32 Å². The second kappa shape index (κ2) is 6.06. The van der Waals surface area contributed by atoms with Crippen molar-refractivity contribution in [3.8, 4) is 6.07 Å². The summed E-state index contributed by atoms with van der Waals surface area (Å²) in [4.78, 5) is 10.4. The van der Waals surface area contributed by atoms with Gasteiger partial charge in [-0.1, -0.05) is 26.0 Å². The van der Waals surface area contributed by atoms with E-state index in [1.54, 1.807) is 6.07 Å². The van der Waals surface area contributed by atoms with Crippen LogP contribution >= 0.6 is 0 Å². The van der Waals surface area contributed by atoms with Crippen LogP contribution in [0.3, 0.4) is 0 Å². The van der Waals surface area contributed by atoms with E-state index in [9.17, 15) is 10.1 Å². The van der Waals surface area contributed by atoms with Gasteiger partial charge in [0, 0.05) is 17.4 Å². The minimum Gasteiger partial charge on any atom is -0.355 e. The zero-order valence-corrected chi connectivity index (χ0v) is 11.8. The third-order valence-electron chi connectivity index (χ3n) is 3.16. The van der Waals surface area contributed by atoms with Crippen molar-refractivity contribution < 1.29 is 4.92 Å². The first kappa shape index (κ1) is 14.5. The molecule has 0 saturated heterocycles. The van der Waals surface area contributed by atoms with Gasteiger partial charge in [0.2, 0.25) is 0 Å². The van der Waals surface area contributed by atoms with Gasteiger partial charge in [-0.2, -0.15) is 5.26 Å². The third-order valence-corrected chi connectivity index (χ3v) is 3.16. The fourth-order valence-electron chi connectivity index (χ4n) is 2.00. The van der Waals surface area contributed by atoms with Crippen molar-refractivity contribution in [2.45, 2.75) is 19.8 Å². The molecule has 0 unspecified atom stereocenters. The van der Waals surface area contributed by atoms with Crippen molar-refractivity contribution >= 4 is 17.1 Å². The topological polar surface area (TPSA) is 79.0 Å². The predicted molar refractivity (Wildman–Crippen MR) is 81.6 cm³/mol. The van der Waals surface area contributed by atoms with Crippen LogP contribution in [0.1, 0.15) is 30.9 Å². The predicted octanol–water partition coefficient (Wildman–Crippen LogP) is 4.33. The number of nitrogens with one attached hydrogen (secondary N) is 1. The van der Waals surface area contributed by atoms with Gasteiger partial charge in [-0.15, -0.1) is 0 Å². The highest BCUT2D eigenvalue weighted by atomic mass is 16.6. The molecule has 2 rings (SSSR count). The van der Waals surface area contributed by atoms with Gasteiger partial charge in [0.1, 0.15) is 11.6 Å². The van der Waals surface area contributed by atoms with E-state index in [2.05, 4.69) is 19.2 Å². The Balaban J connectivity index is 2.32. The minimum atomic E-state index is -0.547. The van der Waals surface area contributed by atoms with Crippen molar-refractivity contribution in [3.63, 3.8) is 0 Å². The minimum absolute atomic E-state index is 0.0569. The fraction of sp³-hybridized carbons (Fsp3) is 0.188. The highest BCUT2D eigenvalue weighted by molar-refractivity contribution is 5.66. The zero-order valence-electron chi connectivity index (χ0n) is 11.8. The fourth-order valence-corrected chi connectivity index (χ4v) is 2.00. The maximum atomic E-state index is 11.0. The molecule has 0 heterocycles. The number of rotatable bonds is 4. The van der Waals surface area contributed by atoms with Gasteiger partial charge in [-0.05, 0) is 35.7 Å². The SMILES string of the molecule is CC(C)c1cccc(Nc2ccc(C#N)c([N+](=O)[O-])c2)c1. The van der Waals surface area contributed by atoms with Gasteiger partial charge in [0.05, 0.1) is 4.92 Å². The number of anilines is 2. The number of nitrogens with zero attached hydrogens (tertiary/aromatic N) is 2. The number of nitro benzene ring substituents is 1. The first-order valence-electron chi connectivity index (χ1n) is 6.57. The monoisotopic (exact) mass is 281 g/mol. The molecule has 0 atom stereocenters. The van der Waals surface area contributed by atoms with Crippen LogP contribution in [-0.2, 0) is 0 Å². The molecule has 106 valence electrons. The largest absolute Gasteiger partial charge is 0.355 e. The third kappa shape index (κ3) is 3.37. The molecule has 0 spiro atoms. The van der Waals surface area contributed by atoms with E-state index in [4.69, 9.17) is 5.26 Å². The first-order valence-corrected chi connectivity index (χ1v) is 6.57. The van der Waals surface area contributed by atoms with Crippen molar-refractivity contribution in [1.82, 2.24) is 0 Å². The Labute approximate surface area is 123 Å². The smallest absolute Gasteiger partial charge is 0.289 e. The van der Waals surface area contributed by atoms with Gasteiger partial charge in [-0.3, -0.25) is 10.1 Å². The lowest BCUT2D eigenvalue weighted by Gasteiger charge is -2.10. The van der Waals surface area contributed by atoms with Crippen LogP contribution in [-0.4, -0.2) is 4.92 Å². The van der Waals surface area contributed by atoms with Gasteiger partial charge in [-0.25, -0.2) is 0 Å². The molecule has 5 heteroatoms. The molecule has 0 aliphatic heterocycles. The van der Waals surface area contributed by atoms with E-state index in [1.807, 2.05) is 30.3 Å². The summed E-state index contributed by atoms with van der Waals surface area (Å²) in [5, 5.41) is 23.0. The summed E-state index contributed by atoms with van der Waals surface area (Å²) < 4.78 is 0. The molecule has 0 saturated carbocycles. The van der Waals surface area contributed by atoms with Crippen molar-refractivity contribution in [2.75, 3.05) is 5.32 Å². The molecular weight excluding hydrogens is 266 g/mol. The Morgan fingerprint density at radius 2 is 1.90 bits per heavy atom. The first-order chi connectivity index (χ1) is 10.0. The normalized spacial score (nSPS) is 10.2. The van der Waals surface area contributed by atoms with E-state index >= 15 is 0 Å². The van der Waals surface area contributed by atoms with E-state index in [0.717, 1.165) is 5.69 Å². The Morgan fingerprint density at radius 3 is 2.52 bits per heavy atom. The second-order valence-corrected chi connectivity index (χ2v) is 5.01. The molecule has 21 heavy (non-hydrogen) atoms. The summed E-state index contributed by atoms with van der Waals surface area (Å²) in [5.74, 6) is 0.405. The standard InChI is InChI=1S/C16H15N3O2/c1-11(2)12-4-3-5-14(8-12)18-15-7-6-13(10-17)16(9-15)19(20)21/h3-9,11,18H,1-2H3. The van der Waals surface area contributed by atoms with Crippen molar-refractivity contribution in [3.05, 3.63) is 63.7 Å². The Bertz CT molecular complexity index is 718. The highest BCUT2D eigenvalue weighted by Gasteiger charge is 2.14. The number of hydrogen-bond acceptors (Lipinski definition) is 4. The molecule has 0 fully saturated rings. The van der Waals surface area contributed by atoms with Crippen molar-refractivity contribution in [1.29, 1.82) is 5.26 Å². The summed E-state index contributed by atoms with van der Waals surface area (Å²) in [5.41, 5.74) is 2.49. The number of nitriles is 1. The van der Waals surface area contributed by atoms with Crippen LogP contribution in [0.4, 0.5) is 17.1 Å². The number of hydrogen-bond donors (Lipinski definition) is 1. The van der Waals surface area contributed by atoms with Gasteiger partial charge in [0.25, 0.3) is 5.69 Å². The molecule has 0 aliphatic carbocycles. The van der Waals surface area contributed by atoms with Crippen LogP contribution in [0.15, 0.2) is 42.5 Å². The molecule has 0 bridgehead atoms. The van der Waals surface area contributed by atoms with Crippen LogP contribution in [0, 0.1) is 21.4 Å². The molecule has 5 nitrogen and oxygen atoms in total. The number of nitro groups is 1.